The maximum atomic E-state index is 5.38. The number of nitrogens with zero attached hydrogens (tertiary/aromatic N) is 3. The molecule has 0 aromatic carbocycles. The fourth-order valence-electron chi connectivity index (χ4n) is 0.690. The summed E-state index contributed by atoms with van der Waals surface area (Å²) < 4.78 is 0. The van der Waals surface area contributed by atoms with E-state index in [4.69, 9.17) is 5.73 Å². The zero-order valence-corrected chi connectivity index (χ0v) is 6.78. The minimum atomic E-state index is 0.457. The topological polar surface area (TPSA) is 55.0 Å². The number of hydrogen-bond acceptors (Lipinski definition) is 4. The summed E-state index contributed by atoms with van der Waals surface area (Å²) in [6.07, 6.45) is 3.22. The van der Waals surface area contributed by atoms with E-state index in [-0.39, 0.29) is 0 Å². The van der Waals surface area contributed by atoms with Crippen LogP contribution in [0.25, 0.3) is 0 Å². The van der Waals surface area contributed by atoms with E-state index in [9.17, 15) is 0 Å². The Hall–Kier alpha value is -1.32. The summed E-state index contributed by atoms with van der Waals surface area (Å²) >= 11 is 0. The van der Waals surface area contributed by atoms with Crippen LogP contribution in [0, 0.1) is 0 Å². The van der Waals surface area contributed by atoms with Crippen molar-refractivity contribution in [1.29, 1.82) is 0 Å². The van der Waals surface area contributed by atoms with Gasteiger partial charge >= 0.3 is 0 Å². The molecule has 0 aliphatic heterocycles. The van der Waals surface area contributed by atoms with E-state index >= 15 is 0 Å². The molecule has 1 rings (SSSR count). The molecule has 0 fully saturated rings. The maximum absolute atomic E-state index is 5.38. The van der Waals surface area contributed by atoms with E-state index in [1.54, 1.807) is 12.4 Å². The fourth-order valence-corrected chi connectivity index (χ4v) is 0.690. The Balaban J connectivity index is 2.81. The summed E-state index contributed by atoms with van der Waals surface area (Å²) in [5, 5.41) is 0. The summed E-state index contributed by atoms with van der Waals surface area (Å²) in [5.41, 5.74) is 5.38. The third kappa shape index (κ3) is 1.80. The minimum absolute atomic E-state index is 0.457. The lowest BCUT2D eigenvalue weighted by Gasteiger charge is -2.13. The van der Waals surface area contributed by atoms with Gasteiger partial charge in [-0.1, -0.05) is 0 Å². The number of nitrogen functional groups attached to an aromatic ring is 1. The molecule has 0 aliphatic rings. The Morgan fingerprint density at radius 3 is 2.64 bits per heavy atom. The van der Waals surface area contributed by atoms with Gasteiger partial charge in [0.25, 0.3) is 0 Å². The highest BCUT2D eigenvalue weighted by atomic mass is 15.2. The Kier molecular flexibility index (Phi) is 2.25. The van der Waals surface area contributed by atoms with Crippen molar-refractivity contribution in [3.05, 3.63) is 12.4 Å². The first-order valence-electron chi connectivity index (χ1n) is 3.52. The molecule has 4 nitrogen and oxygen atoms in total. The molecule has 0 bridgehead atoms. The number of nitrogens with two attached hydrogens (primary N) is 1. The summed E-state index contributed by atoms with van der Waals surface area (Å²) in [6.45, 7) is 2.97. The van der Waals surface area contributed by atoms with Crippen molar-refractivity contribution in [3.8, 4) is 0 Å². The average Bonchev–Trinajstić information content (AvgIpc) is 2.05. The predicted octanol–water partition coefficient (Wildman–Crippen LogP) is 0.515. The van der Waals surface area contributed by atoms with Crippen LogP contribution in [-0.4, -0.2) is 23.6 Å². The zero-order chi connectivity index (χ0) is 8.27. The molecule has 0 unspecified atom stereocenters. The summed E-state index contributed by atoms with van der Waals surface area (Å²) in [6, 6.07) is 0. The molecule has 0 aliphatic carbocycles. The Morgan fingerprint density at radius 1 is 1.45 bits per heavy atom. The summed E-state index contributed by atoms with van der Waals surface area (Å²) in [4.78, 5) is 10.0. The van der Waals surface area contributed by atoms with Gasteiger partial charge in [-0.3, -0.25) is 0 Å². The Labute approximate surface area is 66.1 Å². The second-order valence-corrected chi connectivity index (χ2v) is 2.31. The van der Waals surface area contributed by atoms with Crippen LogP contribution in [0.3, 0.4) is 0 Å². The second-order valence-electron chi connectivity index (χ2n) is 2.31. The Morgan fingerprint density at radius 2 is 2.18 bits per heavy atom. The van der Waals surface area contributed by atoms with Gasteiger partial charge < -0.3 is 10.6 Å². The van der Waals surface area contributed by atoms with Gasteiger partial charge in [-0.25, -0.2) is 9.97 Å². The van der Waals surface area contributed by atoms with Crippen LogP contribution in [0.5, 0.6) is 0 Å². The van der Waals surface area contributed by atoms with Crippen molar-refractivity contribution in [2.75, 3.05) is 24.2 Å². The SMILES string of the molecule is CCN(C)c1cnc(N)cn1. The summed E-state index contributed by atoms with van der Waals surface area (Å²) in [7, 11) is 1.96. The van der Waals surface area contributed by atoms with Gasteiger partial charge in [0, 0.05) is 13.6 Å². The van der Waals surface area contributed by atoms with E-state index < -0.39 is 0 Å². The molecule has 60 valence electrons. The van der Waals surface area contributed by atoms with Crippen LogP contribution in [0.4, 0.5) is 11.6 Å². The summed E-state index contributed by atoms with van der Waals surface area (Å²) in [5.74, 6) is 1.31. The lowest BCUT2D eigenvalue weighted by Crippen LogP contribution is -2.17. The third-order valence-corrected chi connectivity index (χ3v) is 1.52. The third-order valence-electron chi connectivity index (χ3n) is 1.52. The van der Waals surface area contributed by atoms with E-state index in [2.05, 4.69) is 16.9 Å². The maximum Gasteiger partial charge on any atom is 0.146 e. The molecule has 0 radical (unpaired) electrons. The monoisotopic (exact) mass is 152 g/mol. The highest BCUT2D eigenvalue weighted by Gasteiger charge is 1.97. The molecule has 1 aromatic heterocycles. The lowest BCUT2D eigenvalue weighted by molar-refractivity contribution is 0.929. The van der Waals surface area contributed by atoms with Gasteiger partial charge in [-0.15, -0.1) is 0 Å². The first-order valence-corrected chi connectivity index (χ1v) is 3.52. The number of hydrogen-bond donors (Lipinski definition) is 1. The fraction of sp³-hybridized carbons (Fsp3) is 0.429. The molecule has 0 amide bonds. The Bertz CT molecular complexity index is 218. The molecule has 2 N–H and O–H groups in total. The van der Waals surface area contributed by atoms with Crippen molar-refractivity contribution in [1.82, 2.24) is 9.97 Å². The van der Waals surface area contributed by atoms with Gasteiger partial charge in [-0.05, 0) is 6.92 Å². The van der Waals surface area contributed by atoms with E-state index in [0.717, 1.165) is 12.4 Å². The van der Waals surface area contributed by atoms with Gasteiger partial charge in [0.05, 0.1) is 12.4 Å². The molecule has 11 heavy (non-hydrogen) atoms. The highest BCUT2D eigenvalue weighted by Crippen LogP contribution is 2.05. The van der Waals surface area contributed by atoms with Crippen LogP contribution in [0.2, 0.25) is 0 Å². The first-order chi connectivity index (χ1) is 5.24. The quantitative estimate of drug-likeness (QED) is 0.671. The van der Waals surface area contributed by atoms with Crippen molar-refractivity contribution < 1.29 is 0 Å². The molecule has 4 heteroatoms. The van der Waals surface area contributed by atoms with Crippen molar-refractivity contribution >= 4 is 11.6 Å². The van der Waals surface area contributed by atoms with Gasteiger partial charge in [0.2, 0.25) is 0 Å². The molecule has 0 saturated carbocycles. The predicted molar refractivity (Wildman–Crippen MR) is 45.4 cm³/mol. The van der Waals surface area contributed by atoms with Crippen LogP contribution in [0.15, 0.2) is 12.4 Å². The van der Waals surface area contributed by atoms with E-state index in [1.807, 2.05) is 11.9 Å². The highest BCUT2D eigenvalue weighted by molar-refractivity contribution is 5.37. The molecular weight excluding hydrogens is 140 g/mol. The van der Waals surface area contributed by atoms with Gasteiger partial charge in [0.15, 0.2) is 0 Å². The van der Waals surface area contributed by atoms with Gasteiger partial charge in [-0.2, -0.15) is 0 Å². The minimum Gasteiger partial charge on any atom is -0.382 e. The number of anilines is 2. The van der Waals surface area contributed by atoms with Gasteiger partial charge in [0.1, 0.15) is 11.6 Å². The molecular formula is C7H12N4. The van der Waals surface area contributed by atoms with Crippen molar-refractivity contribution in [3.63, 3.8) is 0 Å². The van der Waals surface area contributed by atoms with Crippen LogP contribution >= 0.6 is 0 Å². The van der Waals surface area contributed by atoms with E-state index in [0.29, 0.717) is 5.82 Å². The van der Waals surface area contributed by atoms with Crippen LogP contribution in [0.1, 0.15) is 6.92 Å². The zero-order valence-electron chi connectivity index (χ0n) is 6.78. The lowest BCUT2D eigenvalue weighted by atomic mass is 10.5. The average molecular weight is 152 g/mol. The molecule has 0 atom stereocenters. The van der Waals surface area contributed by atoms with Crippen molar-refractivity contribution in [2.45, 2.75) is 6.92 Å². The van der Waals surface area contributed by atoms with Crippen LogP contribution < -0.4 is 10.6 Å². The largest absolute Gasteiger partial charge is 0.382 e. The number of rotatable bonds is 2. The van der Waals surface area contributed by atoms with E-state index in [1.165, 1.54) is 0 Å². The second kappa shape index (κ2) is 3.18. The number of aromatic nitrogens is 2. The molecule has 1 aromatic rings. The standard InChI is InChI=1S/C7H12N4/c1-3-11(2)7-5-9-6(8)4-10-7/h4-5H,3H2,1-2H3,(H2,8,9). The first kappa shape index (κ1) is 7.78. The molecule has 0 saturated heterocycles. The molecule has 1 heterocycles. The smallest absolute Gasteiger partial charge is 0.146 e. The van der Waals surface area contributed by atoms with Crippen molar-refractivity contribution in [2.24, 2.45) is 0 Å². The van der Waals surface area contributed by atoms with Crippen LogP contribution in [-0.2, 0) is 0 Å². The normalized spacial score (nSPS) is 9.64. The molecule has 0 spiro atoms.